The molecular formula is C34H28N8O8. The second kappa shape index (κ2) is 13.5. The van der Waals surface area contributed by atoms with E-state index in [1.54, 1.807) is 60.0 Å². The highest BCUT2D eigenvalue weighted by Crippen LogP contribution is 2.26. The molecule has 0 bridgehead atoms. The molecule has 2 aliphatic rings. The third kappa shape index (κ3) is 5.88. The van der Waals surface area contributed by atoms with Crippen molar-refractivity contribution in [2.24, 2.45) is 0 Å². The van der Waals surface area contributed by atoms with Crippen molar-refractivity contribution in [1.82, 2.24) is 29.6 Å². The number of hydroxylamine groups is 4. The lowest BCUT2D eigenvalue weighted by Crippen LogP contribution is -2.32. The topological polar surface area (TPSA) is 187 Å². The van der Waals surface area contributed by atoms with Gasteiger partial charge in [-0.1, -0.05) is 36.4 Å². The van der Waals surface area contributed by atoms with Gasteiger partial charge in [-0.05, 0) is 43.3 Å². The van der Waals surface area contributed by atoms with Gasteiger partial charge in [-0.3, -0.25) is 34.2 Å². The number of nitrogens with one attached hydrogen (secondary N) is 2. The van der Waals surface area contributed by atoms with Crippen LogP contribution in [0.15, 0.2) is 79.0 Å². The number of hydrogen-bond donors (Lipinski definition) is 2. The Labute approximate surface area is 283 Å². The Morgan fingerprint density at radius 2 is 1.30 bits per heavy atom. The maximum atomic E-state index is 12.8. The summed E-state index contributed by atoms with van der Waals surface area (Å²) in [5, 5.41) is 7.52. The van der Waals surface area contributed by atoms with Gasteiger partial charge in [0.1, 0.15) is 11.4 Å². The first-order valence-electron chi connectivity index (χ1n) is 15.6. The van der Waals surface area contributed by atoms with Crippen LogP contribution >= 0.6 is 0 Å². The monoisotopic (exact) mass is 676 g/mol. The fourth-order valence-corrected chi connectivity index (χ4v) is 5.53. The summed E-state index contributed by atoms with van der Waals surface area (Å²) in [5.74, 6) is -2.39. The zero-order valence-electron chi connectivity index (χ0n) is 26.5. The molecule has 0 saturated heterocycles. The molecule has 2 aliphatic heterocycles. The maximum absolute atomic E-state index is 12.8. The summed E-state index contributed by atoms with van der Waals surface area (Å²) < 4.78 is 6.95. The van der Waals surface area contributed by atoms with Gasteiger partial charge in [-0.15, -0.1) is 10.1 Å². The molecule has 3 aromatic carbocycles. The van der Waals surface area contributed by atoms with Crippen LogP contribution in [0.3, 0.4) is 0 Å². The van der Waals surface area contributed by atoms with E-state index in [2.05, 4.69) is 25.6 Å². The first kappa shape index (κ1) is 32.0. The minimum absolute atomic E-state index is 0.0426. The average molecular weight is 677 g/mol. The number of esters is 1. The Kier molecular flexibility index (Phi) is 8.68. The number of aromatic nitrogens is 4. The molecule has 0 atom stereocenters. The Morgan fingerprint density at radius 3 is 1.90 bits per heavy atom. The highest BCUT2D eigenvalue weighted by Gasteiger charge is 2.37. The summed E-state index contributed by atoms with van der Waals surface area (Å²) in [4.78, 5) is 88.1. The first-order valence-corrected chi connectivity index (χ1v) is 15.6. The molecule has 0 saturated carbocycles. The molecule has 2 N–H and O–H groups in total. The first-order chi connectivity index (χ1) is 24.4. The third-order valence-electron chi connectivity index (χ3n) is 7.83. The normalized spacial score (nSPS) is 13.6. The standard InChI is InChI=1S/C34H28N8O8/c1-2-48-32(47)24-19-36-33(38-27(24)35-15-17-49-41-28(43)20-9-3-4-10-21(20)29(41)44)39-34-37-25-13-7-8-14-26(25)40(34)16-18-50-42-30(45)22-11-5-6-12-23(22)31(42)46/h3-14,19H,2,15-18H2,1H3,(H2,35,36,37,38,39). The number of carbonyl (C=O) groups is 5. The van der Waals surface area contributed by atoms with Gasteiger partial charge in [-0.25, -0.2) is 14.8 Å². The predicted octanol–water partition coefficient (Wildman–Crippen LogP) is 3.61. The van der Waals surface area contributed by atoms with E-state index in [9.17, 15) is 24.0 Å². The van der Waals surface area contributed by atoms with Crippen LogP contribution < -0.4 is 10.6 Å². The van der Waals surface area contributed by atoms with Crippen molar-refractivity contribution in [1.29, 1.82) is 0 Å². The molecule has 252 valence electrons. The summed E-state index contributed by atoms with van der Waals surface area (Å²) in [5.41, 5.74) is 2.47. The highest BCUT2D eigenvalue weighted by molar-refractivity contribution is 6.21. The minimum atomic E-state index is -0.666. The third-order valence-corrected chi connectivity index (χ3v) is 7.83. The molecule has 0 unspecified atom stereocenters. The summed E-state index contributed by atoms with van der Waals surface area (Å²) in [6, 6.07) is 20.2. The number of rotatable bonds is 13. The summed E-state index contributed by atoms with van der Waals surface area (Å²) in [6.45, 7) is 1.84. The van der Waals surface area contributed by atoms with Crippen LogP contribution in [-0.4, -0.2) is 85.6 Å². The summed E-state index contributed by atoms with van der Waals surface area (Å²) in [6.07, 6.45) is 1.29. The van der Waals surface area contributed by atoms with Gasteiger partial charge < -0.3 is 14.6 Å². The van der Waals surface area contributed by atoms with Gasteiger partial charge in [-0.2, -0.15) is 4.98 Å². The fraction of sp³-hybridized carbons (Fsp3) is 0.176. The number of benzene rings is 3. The second-order valence-electron chi connectivity index (χ2n) is 10.9. The number of hydrogen-bond acceptors (Lipinski definition) is 13. The van der Waals surface area contributed by atoms with E-state index < -0.39 is 29.6 Å². The van der Waals surface area contributed by atoms with Gasteiger partial charge in [0.25, 0.3) is 23.6 Å². The fourth-order valence-electron chi connectivity index (χ4n) is 5.53. The second-order valence-corrected chi connectivity index (χ2v) is 10.9. The van der Waals surface area contributed by atoms with E-state index in [1.807, 2.05) is 24.3 Å². The van der Waals surface area contributed by atoms with Gasteiger partial charge in [0.05, 0.1) is 59.7 Å². The summed E-state index contributed by atoms with van der Waals surface area (Å²) in [7, 11) is 0. The summed E-state index contributed by atoms with van der Waals surface area (Å²) >= 11 is 0. The van der Waals surface area contributed by atoms with Crippen molar-refractivity contribution < 1.29 is 38.4 Å². The molecule has 0 radical (unpaired) electrons. The number of para-hydroxylation sites is 2. The van der Waals surface area contributed by atoms with Crippen molar-refractivity contribution in [3.05, 3.63) is 107 Å². The molecule has 4 heterocycles. The number of imidazole rings is 1. The number of anilines is 3. The van der Waals surface area contributed by atoms with Crippen LogP contribution in [-0.2, 0) is 21.0 Å². The highest BCUT2D eigenvalue weighted by atomic mass is 16.7. The van der Waals surface area contributed by atoms with Crippen LogP contribution in [0.5, 0.6) is 0 Å². The number of fused-ring (bicyclic) bond motifs is 3. The Balaban J connectivity index is 1.06. The predicted molar refractivity (Wildman–Crippen MR) is 175 cm³/mol. The largest absolute Gasteiger partial charge is 0.462 e. The van der Waals surface area contributed by atoms with E-state index in [-0.39, 0.29) is 72.5 Å². The van der Waals surface area contributed by atoms with Crippen molar-refractivity contribution in [3.8, 4) is 0 Å². The SMILES string of the molecule is CCOC(=O)c1cnc(Nc2nc3ccccc3n2CCON2C(=O)c3ccccc3C2=O)nc1NCCON1C(=O)c2ccccc2C1=O. The van der Waals surface area contributed by atoms with E-state index in [4.69, 9.17) is 14.4 Å². The van der Waals surface area contributed by atoms with Gasteiger partial charge in [0, 0.05) is 12.7 Å². The zero-order chi connectivity index (χ0) is 34.8. The van der Waals surface area contributed by atoms with Crippen LogP contribution in [0.25, 0.3) is 11.0 Å². The van der Waals surface area contributed by atoms with Crippen molar-refractivity contribution in [3.63, 3.8) is 0 Å². The number of ether oxygens (including phenoxy) is 1. The molecule has 50 heavy (non-hydrogen) atoms. The lowest BCUT2D eigenvalue weighted by atomic mass is 10.1. The maximum Gasteiger partial charge on any atom is 0.343 e. The van der Waals surface area contributed by atoms with Gasteiger partial charge in [0.2, 0.25) is 11.9 Å². The van der Waals surface area contributed by atoms with Crippen molar-refractivity contribution in [2.75, 3.05) is 37.0 Å². The molecule has 0 fully saturated rings. The molecule has 0 spiro atoms. The average Bonchev–Trinajstić information content (AvgIpc) is 3.69. The number of imide groups is 2. The van der Waals surface area contributed by atoms with Crippen molar-refractivity contribution >= 4 is 58.3 Å². The minimum Gasteiger partial charge on any atom is -0.462 e. The molecule has 4 amide bonds. The van der Waals surface area contributed by atoms with Crippen LogP contribution in [0.4, 0.5) is 17.7 Å². The lowest BCUT2D eigenvalue weighted by molar-refractivity contribution is -0.0932. The van der Waals surface area contributed by atoms with Crippen LogP contribution in [0.1, 0.15) is 58.7 Å². The van der Waals surface area contributed by atoms with E-state index >= 15 is 0 Å². The Bertz CT molecular complexity index is 2110. The zero-order valence-corrected chi connectivity index (χ0v) is 26.5. The van der Waals surface area contributed by atoms with E-state index in [1.165, 1.54) is 6.20 Å². The molecule has 7 rings (SSSR count). The van der Waals surface area contributed by atoms with Gasteiger partial charge in [0.15, 0.2) is 0 Å². The molecule has 16 heteroatoms. The van der Waals surface area contributed by atoms with E-state index in [0.717, 1.165) is 10.6 Å². The molecule has 2 aromatic heterocycles. The lowest BCUT2D eigenvalue weighted by Gasteiger charge is -2.16. The van der Waals surface area contributed by atoms with E-state index in [0.29, 0.717) is 16.5 Å². The molecule has 5 aromatic rings. The number of carbonyl (C=O) groups excluding carboxylic acids is 5. The smallest absolute Gasteiger partial charge is 0.343 e. The van der Waals surface area contributed by atoms with Gasteiger partial charge >= 0.3 is 5.97 Å². The quantitative estimate of drug-likeness (QED) is 0.105. The van der Waals surface area contributed by atoms with Crippen LogP contribution in [0.2, 0.25) is 0 Å². The molecule has 16 nitrogen and oxygen atoms in total. The van der Waals surface area contributed by atoms with Crippen molar-refractivity contribution in [2.45, 2.75) is 13.5 Å². The number of amides is 4. The molecule has 0 aliphatic carbocycles. The van der Waals surface area contributed by atoms with Crippen LogP contribution in [0, 0.1) is 0 Å². The Morgan fingerprint density at radius 1 is 0.740 bits per heavy atom. The Hall–Kier alpha value is -6.52. The molecular weight excluding hydrogens is 648 g/mol. The number of nitrogens with zero attached hydrogens (tertiary/aromatic N) is 6.